The number of carbonyl (C=O) groups excluding carboxylic acids is 2. The molecule has 2 aromatic carbocycles. The molecule has 0 bridgehead atoms. The van der Waals surface area contributed by atoms with Crippen LogP contribution in [0.2, 0.25) is 0 Å². The molecule has 1 aromatic heterocycles. The van der Waals surface area contributed by atoms with Gasteiger partial charge in [-0.05, 0) is 37.3 Å². The molecule has 3 aromatic rings. The Labute approximate surface area is 154 Å². The van der Waals surface area contributed by atoms with Crippen molar-refractivity contribution in [2.45, 2.75) is 13.0 Å². The molecule has 8 nitrogen and oxygen atoms in total. The van der Waals surface area contributed by atoms with Gasteiger partial charge in [-0.15, -0.1) is 0 Å². The third-order valence-corrected chi connectivity index (χ3v) is 3.96. The van der Waals surface area contributed by atoms with Crippen LogP contribution in [0.1, 0.15) is 17.3 Å². The molecule has 0 spiro atoms. The SMILES string of the molecule is CC(NC(=O)c1cccc([N+](=O)[O-])c1)C(=O)Nc1cccc2ncccc12. The first kappa shape index (κ1) is 18.0. The second-order valence-electron chi connectivity index (χ2n) is 5.87. The molecule has 8 heteroatoms. The normalized spacial score (nSPS) is 11.6. The molecule has 0 saturated heterocycles. The van der Waals surface area contributed by atoms with Gasteiger partial charge in [0.1, 0.15) is 6.04 Å². The molecule has 2 amide bonds. The van der Waals surface area contributed by atoms with E-state index in [0.717, 1.165) is 17.0 Å². The van der Waals surface area contributed by atoms with Gasteiger partial charge in [0.25, 0.3) is 11.6 Å². The molecule has 0 radical (unpaired) electrons. The number of aromatic nitrogens is 1. The fourth-order valence-electron chi connectivity index (χ4n) is 2.56. The number of hydrogen-bond acceptors (Lipinski definition) is 5. The van der Waals surface area contributed by atoms with E-state index in [1.165, 1.54) is 25.1 Å². The summed E-state index contributed by atoms with van der Waals surface area (Å²) in [7, 11) is 0. The molecule has 136 valence electrons. The molecule has 1 heterocycles. The molecule has 2 N–H and O–H groups in total. The Hall–Kier alpha value is -3.81. The van der Waals surface area contributed by atoms with Gasteiger partial charge in [-0.25, -0.2) is 0 Å². The van der Waals surface area contributed by atoms with Crippen molar-refractivity contribution in [2.75, 3.05) is 5.32 Å². The average molecular weight is 364 g/mol. The highest BCUT2D eigenvalue weighted by Crippen LogP contribution is 2.21. The van der Waals surface area contributed by atoms with Crippen molar-refractivity contribution in [3.8, 4) is 0 Å². The van der Waals surface area contributed by atoms with Crippen LogP contribution in [-0.4, -0.2) is 27.8 Å². The molecule has 0 aliphatic carbocycles. The lowest BCUT2D eigenvalue weighted by Crippen LogP contribution is -2.41. The Kier molecular flexibility index (Phi) is 5.07. The molecule has 0 aliphatic heterocycles. The van der Waals surface area contributed by atoms with Crippen molar-refractivity contribution in [1.29, 1.82) is 0 Å². The lowest BCUT2D eigenvalue weighted by atomic mass is 10.1. The van der Waals surface area contributed by atoms with E-state index in [1.807, 2.05) is 12.1 Å². The summed E-state index contributed by atoms with van der Waals surface area (Å²) < 4.78 is 0. The first-order valence-electron chi connectivity index (χ1n) is 8.15. The van der Waals surface area contributed by atoms with Crippen LogP contribution in [0.4, 0.5) is 11.4 Å². The van der Waals surface area contributed by atoms with E-state index < -0.39 is 22.8 Å². The van der Waals surface area contributed by atoms with Crippen molar-refractivity contribution in [3.05, 3.63) is 76.5 Å². The Morgan fingerprint density at radius 3 is 2.67 bits per heavy atom. The minimum Gasteiger partial charge on any atom is -0.341 e. The fourth-order valence-corrected chi connectivity index (χ4v) is 2.56. The van der Waals surface area contributed by atoms with Gasteiger partial charge >= 0.3 is 0 Å². The van der Waals surface area contributed by atoms with E-state index in [4.69, 9.17) is 0 Å². The van der Waals surface area contributed by atoms with Crippen molar-refractivity contribution in [1.82, 2.24) is 10.3 Å². The third kappa shape index (κ3) is 4.06. The molecular formula is C19H16N4O4. The number of pyridine rings is 1. The van der Waals surface area contributed by atoms with Crippen LogP contribution < -0.4 is 10.6 Å². The van der Waals surface area contributed by atoms with Gasteiger partial charge in [0.15, 0.2) is 0 Å². The highest BCUT2D eigenvalue weighted by Gasteiger charge is 2.19. The average Bonchev–Trinajstić information content (AvgIpc) is 2.68. The number of nitro groups is 1. The number of hydrogen-bond donors (Lipinski definition) is 2. The predicted molar refractivity (Wildman–Crippen MR) is 100 cm³/mol. The summed E-state index contributed by atoms with van der Waals surface area (Å²) in [4.78, 5) is 39.2. The van der Waals surface area contributed by atoms with Crippen LogP contribution in [0.5, 0.6) is 0 Å². The van der Waals surface area contributed by atoms with Crippen LogP contribution in [0, 0.1) is 10.1 Å². The van der Waals surface area contributed by atoms with Gasteiger partial charge in [-0.1, -0.05) is 12.1 Å². The lowest BCUT2D eigenvalue weighted by Gasteiger charge is -2.15. The summed E-state index contributed by atoms with van der Waals surface area (Å²) in [5.41, 5.74) is 1.24. The Morgan fingerprint density at radius 2 is 1.89 bits per heavy atom. The van der Waals surface area contributed by atoms with Gasteiger partial charge in [-0.2, -0.15) is 0 Å². The topological polar surface area (TPSA) is 114 Å². The van der Waals surface area contributed by atoms with E-state index in [1.54, 1.807) is 24.4 Å². The minimum absolute atomic E-state index is 0.109. The second kappa shape index (κ2) is 7.61. The number of non-ortho nitro benzene ring substituents is 1. The molecular weight excluding hydrogens is 348 g/mol. The Morgan fingerprint density at radius 1 is 1.11 bits per heavy atom. The van der Waals surface area contributed by atoms with Crippen molar-refractivity contribution in [3.63, 3.8) is 0 Å². The number of benzene rings is 2. The number of nitrogens with zero attached hydrogens (tertiary/aromatic N) is 2. The zero-order valence-electron chi connectivity index (χ0n) is 14.4. The van der Waals surface area contributed by atoms with Crippen LogP contribution in [0.25, 0.3) is 10.9 Å². The maximum absolute atomic E-state index is 12.4. The molecule has 0 aliphatic rings. The maximum Gasteiger partial charge on any atom is 0.270 e. The standard InChI is InChI=1S/C19H16N4O4/c1-12(21-19(25)13-5-2-6-14(11-13)23(26)27)18(24)22-17-9-3-8-16-15(17)7-4-10-20-16/h2-12H,1H3,(H,21,25)(H,22,24). The lowest BCUT2D eigenvalue weighted by molar-refractivity contribution is -0.384. The number of nitrogens with one attached hydrogen (secondary N) is 2. The van der Waals surface area contributed by atoms with Crippen LogP contribution in [0.3, 0.4) is 0 Å². The van der Waals surface area contributed by atoms with E-state index >= 15 is 0 Å². The number of fused-ring (bicyclic) bond motifs is 1. The molecule has 1 unspecified atom stereocenters. The van der Waals surface area contributed by atoms with Crippen molar-refractivity contribution in [2.24, 2.45) is 0 Å². The number of rotatable bonds is 5. The Bertz CT molecular complexity index is 1030. The van der Waals surface area contributed by atoms with Gasteiger partial charge < -0.3 is 10.6 Å². The first-order chi connectivity index (χ1) is 13.0. The molecule has 0 saturated carbocycles. The number of carbonyl (C=O) groups is 2. The van der Waals surface area contributed by atoms with Crippen LogP contribution in [-0.2, 0) is 4.79 Å². The highest BCUT2D eigenvalue weighted by molar-refractivity contribution is 6.05. The molecule has 1 atom stereocenters. The summed E-state index contributed by atoms with van der Waals surface area (Å²) in [5, 5.41) is 16.9. The monoisotopic (exact) mass is 364 g/mol. The smallest absolute Gasteiger partial charge is 0.270 e. The molecule has 27 heavy (non-hydrogen) atoms. The number of anilines is 1. The van der Waals surface area contributed by atoms with Crippen LogP contribution in [0.15, 0.2) is 60.8 Å². The molecule has 3 rings (SSSR count). The van der Waals surface area contributed by atoms with Gasteiger partial charge in [0.2, 0.25) is 5.91 Å². The van der Waals surface area contributed by atoms with Gasteiger partial charge in [0, 0.05) is 29.3 Å². The quantitative estimate of drug-likeness (QED) is 0.534. The first-order valence-corrected chi connectivity index (χ1v) is 8.15. The van der Waals surface area contributed by atoms with Gasteiger partial charge in [-0.3, -0.25) is 24.7 Å². The number of nitro benzene ring substituents is 1. The summed E-state index contributed by atoms with van der Waals surface area (Å²) in [5.74, 6) is -0.980. The van der Waals surface area contributed by atoms with E-state index in [9.17, 15) is 19.7 Å². The highest BCUT2D eigenvalue weighted by atomic mass is 16.6. The fraction of sp³-hybridized carbons (Fsp3) is 0.105. The van der Waals surface area contributed by atoms with E-state index in [-0.39, 0.29) is 11.3 Å². The van der Waals surface area contributed by atoms with Crippen LogP contribution >= 0.6 is 0 Å². The summed E-state index contributed by atoms with van der Waals surface area (Å²) in [6, 6.07) is 13.4. The Balaban J connectivity index is 1.71. The largest absolute Gasteiger partial charge is 0.341 e. The summed E-state index contributed by atoms with van der Waals surface area (Å²) >= 11 is 0. The van der Waals surface area contributed by atoms with E-state index in [0.29, 0.717) is 5.69 Å². The maximum atomic E-state index is 12.4. The summed E-state index contributed by atoms with van der Waals surface area (Å²) in [6.07, 6.45) is 1.66. The van der Waals surface area contributed by atoms with E-state index in [2.05, 4.69) is 15.6 Å². The number of amides is 2. The third-order valence-electron chi connectivity index (χ3n) is 3.96. The predicted octanol–water partition coefficient (Wildman–Crippen LogP) is 2.90. The van der Waals surface area contributed by atoms with Crippen molar-refractivity contribution >= 4 is 34.1 Å². The zero-order valence-corrected chi connectivity index (χ0v) is 14.4. The molecule has 0 fully saturated rings. The summed E-state index contributed by atoms with van der Waals surface area (Å²) in [6.45, 7) is 1.54. The second-order valence-corrected chi connectivity index (χ2v) is 5.87. The van der Waals surface area contributed by atoms with Gasteiger partial charge in [0.05, 0.1) is 16.1 Å². The zero-order chi connectivity index (χ0) is 19.4. The van der Waals surface area contributed by atoms with Crippen molar-refractivity contribution < 1.29 is 14.5 Å². The minimum atomic E-state index is -0.844.